The SMILES string of the molecule is COc1ccc(C2CCCN2C(=O)Cc2ccccc2C)c(OC)c1. The number of benzene rings is 2. The summed E-state index contributed by atoms with van der Waals surface area (Å²) in [6, 6.07) is 14.0. The van der Waals surface area contributed by atoms with Crippen molar-refractivity contribution in [1.29, 1.82) is 0 Å². The molecule has 4 nitrogen and oxygen atoms in total. The molecular formula is C21H25NO3. The van der Waals surface area contributed by atoms with Crippen molar-refractivity contribution in [2.45, 2.75) is 32.2 Å². The minimum Gasteiger partial charge on any atom is -0.497 e. The molecule has 1 atom stereocenters. The van der Waals surface area contributed by atoms with Gasteiger partial charge in [0.1, 0.15) is 11.5 Å². The van der Waals surface area contributed by atoms with Crippen molar-refractivity contribution in [3.8, 4) is 11.5 Å². The van der Waals surface area contributed by atoms with E-state index < -0.39 is 0 Å². The van der Waals surface area contributed by atoms with Gasteiger partial charge in [0.05, 0.1) is 26.7 Å². The minimum absolute atomic E-state index is 0.0670. The van der Waals surface area contributed by atoms with Crippen LogP contribution >= 0.6 is 0 Å². The highest BCUT2D eigenvalue weighted by Crippen LogP contribution is 2.39. The van der Waals surface area contributed by atoms with Gasteiger partial charge in [-0.3, -0.25) is 4.79 Å². The van der Waals surface area contributed by atoms with E-state index in [9.17, 15) is 4.79 Å². The predicted octanol–water partition coefficient (Wildman–Crippen LogP) is 3.92. The fourth-order valence-electron chi connectivity index (χ4n) is 3.56. The first-order chi connectivity index (χ1) is 12.1. The van der Waals surface area contributed by atoms with Gasteiger partial charge in [-0.2, -0.15) is 0 Å². The molecule has 25 heavy (non-hydrogen) atoms. The fourth-order valence-corrected chi connectivity index (χ4v) is 3.56. The molecule has 0 N–H and O–H groups in total. The Labute approximate surface area is 149 Å². The average Bonchev–Trinajstić information content (AvgIpc) is 3.12. The summed E-state index contributed by atoms with van der Waals surface area (Å²) >= 11 is 0. The number of rotatable bonds is 5. The third-order valence-corrected chi connectivity index (χ3v) is 4.98. The summed E-state index contributed by atoms with van der Waals surface area (Å²) in [5.41, 5.74) is 3.31. The minimum atomic E-state index is 0.0670. The van der Waals surface area contributed by atoms with E-state index in [1.807, 2.05) is 41.3 Å². The molecule has 0 saturated carbocycles. The Bertz CT molecular complexity index is 757. The zero-order valence-electron chi connectivity index (χ0n) is 15.1. The monoisotopic (exact) mass is 339 g/mol. The molecule has 3 rings (SSSR count). The van der Waals surface area contributed by atoms with Gasteiger partial charge in [0.15, 0.2) is 0 Å². The highest BCUT2D eigenvalue weighted by atomic mass is 16.5. The Kier molecular flexibility index (Phi) is 5.27. The van der Waals surface area contributed by atoms with E-state index in [0.717, 1.165) is 47.6 Å². The van der Waals surface area contributed by atoms with Gasteiger partial charge in [0, 0.05) is 18.2 Å². The van der Waals surface area contributed by atoms with Crippen LogP contribution in [0.5, 0.6) is 11.5 Å². The van der Waals surface area contributed by atoms with E-state index in [0.29, 0.717) is 6.42 Å². The van der Waals surface area contributed by atoms with Gasteiger partial charge in [-0.1, -0.05) is 24.3 Å². The van der Waals surface area contributed by atoms with E-state index in [1.54, 1.807) is 14.2 Å². The average molecular weight is 339 g/mol. The number of likely N-dealkylation sites (tertiary alicyclic amines) is 1. The Morgan fingerprint density at radius 2 is 1.96 bits per heavy atom. The predicted molar refractivity (Wildman–Crippen MR) is 98.1 cm³/mol. The number of carbonyl (C=O) groups is 1. The lowest BCUT2D eigenvalue weighted by Gasteiger charge is -2.27. The normalized spacial score (nSPS) is 16.8. The molecule has 4 heteroatoms. The summed E-state index contributed by atoms with van der Waals surface area (Å²) in [5.74, 6) is 1.71. The molecule has 1 amide bonds. The molecule has 1 saturated heterocycles. The highest BCUT2D eigenvalue weighted by Gasteiger charge is 2.32. The highest BCUT2D eigenvalue weighted by molar-refractivity contribution is 5.80. The van der Waals surface area contributed by atoms with Crippen molar-refractivity contribution >= 4 is 5.91 Å². The molecule has 1 unspecified atom stereocenters. The summed E-state index contributed by atoms with van der Waals surface area (Å²) in [6.45, 7) is 2.85. The van der Waals surface area contributed by atoms with Crippen molar-refractivity contribution in [1.82, 2.24) is 4.90 Å². The number of carbonyl (C=O) groups excluding carboxylic acids is 1. The molecule has 0 bridgehead atoms. The van der Waals surface area contributed by atoms with Crippen molar-refractivity contribution in [2.75, 3.05) is 20.8 Å². The number of hydrogen-bond acceptors (Lipinski definition) is 3. The number of ether oxygens (including phenoxy) is 2. The maximum Gasteiger partial charge on any atom is 0.227 e. The van der Waals surface area contributed by atoms with Crippen LogP contribution in [0, 0.1) is 6.92 Å². The van der Waals surface area contributed by atoms with E-state index >= 15 is 0 Å². The van der Waals surface area contributed by atoms with Crippen LogP contribution in [0.15, 0.2) is 42.5 Å². The lowest BCUT2D eigenvalue weighted by molar-refractivity contribution is -0.131. The summed E-state index contributed by atoms with van der Waals surface area (Å²) < 4.78 is 10.8. The van der Waals surface area contributed by atoms with Crippen LogP contribution in [0.2, 0.25) is 0 Å². The number of aryl methyl sites for hydroxylation is 1. The lowest BCUT2D eigenvalue weighted by Crippen LogP contribution is -2.32. The second kappa shape index (κ2) is 7.60. The molecule has 132 valence electrons. The van der Waals surface area contributed by atoms with Crippen LogP contribution in [0.25, 0.3) is 0 Å². The largest absolute Gasteiger partial charge is 0.497 e. The first-order valence-electron chi connectivity index (χ1n) is 8.70. The second-order valence-corrected chi connectivity index (χ2v) is 6.46. The second-order valence-electron chi connectivity index (χ2n) is 6.46. The van der Waals surface area contributed by atoms with Crippen LogP contribution in [0.1, 0.15) is 35.6 Å². The third-order valence-electron chi connectivity index (χ3n) is 4.98. The van der Waals surface area contributed by atoms with E-state index in [2.05, 4.69) is 13.0 Å². The van der Waals surface area contributed by atoms with Gasteiger partial charge < -0.3 is 14.4 Å². The van der Waals surface area contributed by atoms with Gasteiger partial charge in [-0.25, -0.2) is 0 Å². The van der Waals surface area contributed by atoms with Crippen molar-refractivity contribution in [3.63, 3.8) is 0 Å². The van der Waals surface area contributed by atoms with Crippen LogP contribution in [-0.2, 0) is 11.2 Å². The van der Waals surface area contributed by atoms with Crippen molar-refractivity contribution < 1.29 is 14.3 Å². The summed E-state index contributed by atoms with van der Waals surface area (Å²) in [7, 11) is 3.30. The Hall–Kier alpha value is -2.49. The number of hydrogen-bond donors (Lipinski definition) is 0. The molecule has 1 aliphatic heterocycles. The van der Waals surface area contributed by atoms with Gasteiger partial charge in [-0.05, 0) is 43.0 Å². The molecule has 0 aliphatic carbocycles. The quantitative estimate of drug-likeness (QED) is 0.829. The molecule has 2 aromatic rings. The summed E-state index contributed by atoms with van der Waals surface area (Å²) in [4.78, 5) is 14.9. The van der Waals surface area contributed by atoms with E-state index in [1.165, 1.54) is 0 Å². The number of nitrogens with zero attached hydrogens (tertiary/aromatic N) is 1. The zero-order chi connectivity index (χ0) is 17.8. The molecule has 1 heterocycles. The first kappa shape index (κ1) is 17.3. The van der Waals surface area contributed by atoms with Gasteiger partial charge in [0.2, 0.25) is 5.91 Å². The van der Waals surface area contributed by atoms with Crippen LogP contribution in [0.3, 0.4) is 0 Å². The third kappa shape index (κ3) is 3.63. The Balaban J connectivity index is 1.83. The van der Waals surface area contributed by atoms with E-state index in [-0.39, 0.29) is 11.9 Å². The maximum absolute atomic E-state index is 12.9. The number of methoxy groups -OCH3 is 2. The van der Waals surface area contributed by atoms with E-state index in [4.69, 9.17) is 9.47 Å². The maximum atomic E-state index is 12.9. The Morgan fingerprint density at radius 1 is 1.16 bits per heavy atom. The topological polar surface area (TPSA) is 38.8 Å². The number of amides is 1. The van der Waals surface area contributed by atoms with Crippen LogP contribution in [0.4, 0.5) is 0 Å². The van der Waals surface area contributed by atoms with Gasteiger partial charge in [0.25, 0.3) is 0 Å². The van der Waals surface area contributed by atoms with Crippen LogP contribution in [-0.4, -0.2) is 31.6 Å². The first-order valence-corrected chi connectivity index (χ1v) is 8.70. The smallest absolute Gasteiger partial charge is 0.227 e. The van der Waals surface area contributed by atoms with Gasteiger partial charge >= 0.3 is 0 Å². The van der Waals surface area contributed by atoms with Crippen molar-refractivity contribution in [2.24, 2.45) is 0 Å². The molecular weight excluding hydrogens is 314 g/mol. The molecule has 0 radical (unpaired) electrons. The molecule has 1 fully saturated rings. The molecule has 1 aliphatic rings. The zero-order valence-corrected chi connectivity index (χ0v) is 15.1. The molecule has 0 spiro atoms. The lowest BCUT2D eigenvalue weighted by atomic mass is 10.0. The van der Waals surface area contributed by atoms with Gasteiger partial charge in [-0.15, -0.1) is 0 Å². The van der Waals surface area contributed by atoms with Crippen LogP contribution < -0.4 is 9.47 Å². The molecule has 2 aromatic carbocycles. The standard InChI is InChI=1S/C21H25NO3/c1-15-7-4-5-8-16(15)13-21(23)22-12-6-9-19(22)18-11-10-17(24-2)14-20(18)25-3/h4-5,7-8,10-11,14,19H,6,9,12-13H2,1-3H3. The summed E-state index contributed by atoms with van der Waals surface area (Å²) in [6.07, 6.45) is 2.42. The molecule has 0 aromatic heterocycles. The Morgan fingerprint density at radius 3 is 2.68 bits per heavy atom. The fraction of sp³-hybridized carbons (Fsp3) is 0.381. The van der Waals surface area contributed by atoms with Crippen molar-refractivity contribution in [3.05, 3.63) is 59.2 Å². The summed E-state index contributed by atoms with van der Waals surface area (Å²) in [5, 5.41) is 0.